The predicted molar refractivity (Wildman–Crippen MR) is 57.8 cm³/mol. The number of rotatable bonds is 5. The van der Waals surface area contributed by atoms with Crippen LogP contribution in [0.25, 0.3) is 0 Å². The number of terminal acetylenes is 1. The van der Waals surface area contributed by atoms with Crippen molar-refractivity contribution in [1.29, 1.82) is 0 Å². The average Bonchev–Trinajstić information content (AvgIpc) is 2.23. The Morgan fingerprint density at radius 2 is 2.27 bits per heavy atom. The number of unbranched alkanes of at least 4 members (excludes halogenated alkanes) is 1. The van der Waals surface area contributed by atoms with Gasteiger partial charge in [-0.3, -0.25) is 0 Å². The molecule has 1 aromatic rings. The number of benzene rings is 1. The van der Waals surface area contributed by atoms with E-state index in [-0.39, 0.29) is 5.75 Å². The van der Waals surface area contributed by atoms with E-state index >= 15 is 0 Å². The number of phenolic OH excluding ortho intramolecular Hbond substituents is 1. The van der Waals surface area contributed by atoms with Gasteiger partial charge in [-0.25, -0.2) is 4.39 Å². The number of halogens is 1. The van der Waals surface area contributed by atoms with E-state index in [1.54, 1.807) is 6.07 Å². The molecular formula is C12H14FNO. The van der Waals surface area contributed by atoms with E-state index in [1.807, 2.05) is 0 Å². The summed E-state index contributed by atoms with van der Waals surface area (Å²) in [7, 11) is 0. The van der Waals surface area contributed by atoms with E-state index in [2.05, 4.69) is 11.2 Å². The SMILES string of the molecule is C#CCCCNCc1ccc(O)c(F)c1. The molecule has 0 saturated heterocycles. The van der Waals surface area contributed by atoms with Crippen LogP contribution in [0.1, 0.15) is 18.4 Å². The Balaban J connectivity index is 2.32. The summed E-state index contributed by atoms with van der Waals surface area (Å²) >= 11 is 0. The van der Waals surface area contributed by atoms with Gasteiger partial charge < -0.3 is 10.4 Å². The molecule has 0 heterocycles. The highest BCUT2D eigenvalue weighted by atomic mass is 19.1. The maximum absolute atomic E-state index is 12.9. The number of hydrogen-bond donors (Lipinski definition) is 2. The number of aromatic hydroxyl groups is 1. The van der Waals surface area contributed by atoms with Gasteiger partial charge in [0.15, 0.2) is 11.6 Å². The van der Waals surface area contributed by atoms with Gasteiger partial charge in [-0.2, -0.15) is 0 Å². The molecule has 0 aliphatic carbocycles. The van der Waals surface area contributed by atoms with Gasteiger partial charge in [0.1, 0.15) is 0 Å². The Morgan fingerprint density at radius 1 is 1.47 bits per heavy atom. The van der Waals surface area contributed by atoms with Crippen LogP contribution in [0.4, 0.5) is 4.39 Å². The third kappa shape index (κ3) is 4.01. The van der Waals surface area contributed by atoms with Crippen LogP contribution in [0.5, 0.6) is 5.75 Å². The molecule has 15 heavy (non-hydrogen) atoms. The number of phenols is 1. The Kier molecular flexibility index (Phi) is 4.65. The smallest absolute Gasteiger partial charge is 0.165 e. The molecule has 2 N–H and O–H groups in total. The van der Waals surface area contributed by atoms with Crippen LogP contribution < -0.4 is 5.32 Å². The van der Waals surface area contributed by atoms with Crippen LogP contribution in [0.15, 0.2) is 18.2 Å². The molecule has 0 spiro atoms. The molecule has 0 fully saturated rings. The molecule has 0 aliphatic rings. The summed E-state index contributed by atoms with van der Waals surface area (Å²) in [6.07, 6.45) is 6.76. The normalized spacial score (nSPS) is 9.87. The lowest BCUT2D eigenvalue weighted by molar-refractivity contribution is 0.431. The average molecular weight is 207 g/mol. The van der Waals surface area contributed by atoms with Crippen molar-refractivity contribution < 1.29 is 9.50 Å². The zero-order valence-electron chi connectivity index (χ0n) is 8.46. The quantitative estimate of drug-likeness (QED) is 0.572. The lowest BCUT2D eigenvalue weighted by Crippen LogP contribution is -2.14. The number of nitrogens with one attached hydrogen (secondary N) is 1. The molecule has 0 aromatic heterocycles. The Morgan fingerprint density at radius 3 is 2.93 bits per heavy atom. The molecule has 0 saturated carbocycles. The first kappa shape index (κ1) is 11.5. The fraction of sp³-hybridized carbons (Fsp3) is 0.333. The molecule has 80 valence electrons. The predicted octanol–water partition coefficient (Wildman–Crippen LogP) is 2.03. The summed E-state index contributed by atoms with van der Waals surface area (Å²) in [4.78, 5) is 0. The largest absolute Gasteiger partial charge is 0.505 e. The van der Waals surface area contributed by atoms with Gasteiger partial charge in [0, 0.05) is 13.0 Å². The molecule has 2 nitrogen and oxygen atoms in total. The fourth-order valence-corrected chi connectivity index (χ4v) is 1.21. The maximum Gasteiger partial charge on any atom is 0.165 e. The summed E-state index contributed by atoms with van der Waals surface area (Å²) in [6, 6.07) is 4.36. The molecule has 0 radical (unpaired) electrons. The van der Waals surface area contributed by atoms with Crippen molar-refractivity contribution in [2.75, 3.05) is 6.54 Å². The monoisotopic (exact) mass is 207 g/mol. The summed E-state index contributed by atoms with van der Waals surface area (Å²) in [6.45, 7) is 1.40. The second kappa shape index (κ2) is 6.05. The first-order valence-corrected chi connectivity index (χ1v) is 4.85. The maximum atomic E-state index is 12.9. The van der Waals surface area contributed by atoms with Crippen LogP contribution in [0.3, 0.4) is 0 Å². The van der Waals surface area contributed by atoms with Crippen molar-refractivity contribution >= 4 is 0 Å². The lowest BCUT2D eigenvalue weighted by Gasteiger charge is -2.04. The van der Waals surface area contributed by atoms with Gasteiger partial charge in [-0.05, 0) is 30.7 Å². The summed E-state index contributed by atoms with van der Waals surface area (Å²) in [5.41, 5.74) is 0.811. The molecule has 1 aromatic carbocycles. The van der Waals surface area contributed by atoms with Crippen molar-refractivity contribution in [3.8, 4) is 18.1 Å². The number of hydrogen-bond acceptors (Lipinski definition) is 2. The summed E-state index contributed by atoms with van der Waals surface area (Å²) < 4.78 is 12.9. The molecule has 0 atom stereocenters. The van der Waals surface area contributed by atoms with E-state index in [9.17, 15) is 4.39 Å². The Hall–Kier alpha value is -1.53. The van der Waals surface area contributed by atoms with Gasteiger partial charge in [0.2, 0.25) is 0 Å². The van der Waals surface area contributed by atoms with Crippen LogP contribution in [-0.4, -0.2) is 11.7 Å². The first-order chi connectivity index (χ1) is 7.24. The molecule has 0 unspecified atom stereocenters. The third-order valence-electron chi connectivity index (χ3n) is 2.02. The molecular weight excluding hydrogens is 193 g/mol. The van der Waals surface area contributed by atoms with Crippen LogP contribution in [0, 0.1) is 18.2 Å². The van der Waals surface area contributed by atoms with E-state index in [4.69, 9.17) is 11.5 Å². The van der Waals surface area contributed by atoms with Gasteiger partial charge in [0.25, 0.3) is 0 Å². The van der Waals surface area contributed by atoms with Gasteiger partial charge in [-0.1, -0.05) is 6.07 Å². The van der Waals surface area contributed by atoms with E-state index in [1.165, 1.54) is 12.1 Å². The standard InChI is InChI=1S/C12H14FNO/c1-2-3-4-7-14-9-10-5-6-12(15)11(13)8-10/h1,5-6,8,14-15H,3-4,7,9H2. The van der Waals surface area contributed by atoms with Crippen molar-refractivity contribution in [2.24, 2.45) is 0 Å². The van der Waals surface area contributed by atoms with Crippen molar-refractivity contribution in [3.63, 3.8) is 0 Å². The zero-order valence-corrected chi connectivity index (χ0v) is 8.46. The summed E-state index contributed by atoms with van der Waals surface area (Å²) in [5.74, 6) is 1.65. The minimum Gasteiger partial charge on any atom is -0.505 e. The lowest BCUT2D eigenvalue weighted by atomic mass is 10.2. The van der Waals surface area contributed by atoms with E-state index in [0.29, 0.717) is 6.54 Å². The highest BCUT2D eigenvalue weighted by Crippen LogP contribution is 2.15. The second-order valence-electron chi connectivity index (χ2n) is 3.27. The van der Waals surface area contributed by atoms with E-state index in [0.717, 1.165) is 24.9 Å². The zero-order chi connectivity index (χ0) is 11.1. The van der Waals surface area contributed by atoms with Gasteiger partial charge in [-0.15, -0.1) is 12.3 Å². The molecule has 0 amide bonds. The van der Waals surface area contributed by atoms with Crippen LogP contribution >= 0.6 is 0 Å². The van der Waals surface area contributed by atoms with Crippen molar-refractivity contribution in [1.82, 2.24) is 5.32 Å². The molecule has 1 rings (SSSR count). The highest BCUT2D eigenvalue weighted by Gasteiger charge is 2.00. The Labute approximate surface area is 89.1 Å². The van der Waals surface area contributed by atoms with Crippen LogP contribution in [0.2, 0.25) is 0 Å². The molecule has 3 heteroatoms. The highest BCUT2D eigenvalue weighted by molar-refractivity contribution is 5.27. The molecule has 0 bridgehead atoms. The first-order valence-electron chi connectivity index (χ1n) is 4.85. The van der Waals surface area contributed by atoms with Gasteiger partial charge >= 0.3 is 0 Å². The van der Waals surface area contributed by atoms with Gasteiger partial charge in [0.05, 0.1) is 0 Å². The van der Waals surface area contributed by atoms with E-state index < -0.39 is 5.82 Å². The minimum atomic E-state index is -0.585. The fourth-order valence-electron chi connectivity index (χ4n) is 1.21. The topological polar surface area (TPSA) is 32.3 Å². The van der Waals surface area contributed by atoms with Crippen molar-refractivity contribution in [2.45, 2.75) is 19.4 Å². The molecule has 0 aliphatic heterocycles. The Bertz CT molecular complexity index is 357. The second-order valence-corrected chi connectivity index (χ2v) is 3.27. The van der Waals surface area contributed by atoms with Crippen molar-refractivity contribution in [3.05, 3.63) is 29.6 Å². The minimum absolute atomic E-state index is 0.314. The van der Waals surface area contributed by atoms with Crippen LogP contribution in [-0.2, 0) is 6.54 Å². The third-order valence-corrected chi connectivity index (χ3v) is 2.02. The summed E-state index contributed by atoms with van der Waals surface area (Å²) in [5, 5.41) is 12.1.